The first-order valence-corrected chi connectivity index (χ1v) is 5.89. The van der Waals surface area contributed by atoms with Gasteiger partial charge in [-0.15, -0.1) is 5.10 Å². The van der Waals surface area contributed by atoms with E-state index in [-0.39, 0.29) is 5.41 Å². The zero-order chi connectivity index (χ0) is 11.5. The summed E-state index contributed by atoms with van der Waals surface area (Å²) in [5.41, 5.74) is 1.28. The first-order chi connectivity index (χ1) is 6.94. The smallest absolute Gasteiger partial charge is 0.174 e. The number of halogens is 1. The van der Waals surface area contributed by atoms with E-state index in [2.05, 4.69) is 38.0 Å². The van der Waals surface area contributed by atoms with Crippen molar-refractivity contribution in [3.63, 3.8) is 0 Å². The van der Waals surface area contributed by atoms with Crippen LogP contribution in [0, 0.1) is 5.41 Å². The fraction of sp³-hybridized carbons (Fsp3) is 0.818. The average Bonchev–Trinajstić information content (AvgIpc) is 2.43. The molecule has 0 aromatic carbocycles. The predicted octanol–water partition coefficient (Wildman–Crippen LogP) is 3.32. The van der Waals surface area contributed by atoms with E-state index >= 15 is 0 Å². The molecule has 1 aromatic heterocycles. The van der Waals surface area contributed by atoms with E-state index in [1.54, 1.807) is 0 Å². The van der Waals surface area contributed by atoms with Crippen LogP contribution in [0.2, 0.25) is 5.15 Å². The molecule has 86 valence electrons. The summed E-state index contributed by atoms with van der Waals surface area (Å²) in [5.74, 6) is 0. The van der Waals surface area contributed by atoms with Gasteiger partial charge < -0.3 is 0 Å². The Bertz CT molecular complexity index is 312. The zero-order valence-electron chi connectivity index (χ0n) is 10.0. The Morgan fingerprint density at radius 1 is 1.33 bits per heavy atom. The van der Waals surface area contributed by atoms with Gasteiger partial charge in [-0.2, -0.15) is 0 Å². The molecule has 0 spiro atoms. The summed E-state index contributed by atoms with van der Waals surface area (Å²) in [6.45, 7) is 9.67. The Balaban J connectivity index is 2.80. The Hall–Kier alpha value is -0.570. The van der Waals surface area contributed by atoms with Gasteiger partial charge in [0.1, 0.15) is 0 Å². The molecule has 4 heteroatoms. The molecule has 0 aliphatic carbocycles. The SMILES string of the molecule is CCCCn1nnc(Cl)c1CC(C)(C)C. The molecule has 3 nitrogen and oxygen atoms in total. The minimum Gasteiger partial charge on any atom is -0.248 e. The minimum atomic E-state index is 0.218. The summed E-state index contributed by atoms with van der Waals surface area (Å²) < 4.78 is 1.94. The van der Waals surface area contributed by atoms with Crippen LogP contribution in [0.15, 0.2) is 0 Å². The number of aromatic nitrogens is 3. The van der Waals surface area contributed by atoms with Crippen LogP contribution in [0.3, 0.4) is 0 Å². The number of hydrogen-bond donors (Lipinski definition) is 0. The van der Waals surface area contributed by atoms with Crippen molar-refractivity contribution in [2.45, 2.75) is 53.5 Å². The lowest BCUT2D eigenvalue weighted by Gasteiger charge is -2.18. The fourth-order valence-electron chi connectivity index (χ4n) is 1.47. The summed E-state index contributed by atoms with van der Waals surface area (Å²) in [4.78, 5) is 0. The van der Waals surface area contributed by atoms with Crippen LogP contribution in [-0.2, 0) is 13.0 Å². The minimum absolute atomic E-state index is 0.218. The maximum absolute atomic E-state index is 6.04. The van der Waals surface area contributed by atoms with E-state index in [1.807, 2.05) is 4.68 Å². The first kappa shape index (κ1) is 12.5. The van der Waals surface area contributed by atoms with E-state index in [0.29, 0.717) is 5.15 Å². The molecular formula is C11H20ClN3. The third-order valence-electron chi connectivity index (χ3n) is 2.21. The molecule has 0 aliphatic heterocycles. The molecule has 0 saturated heterocycles. The van der Waals surface area contributed by atoms with Gasteiger partial charge in [0.05, 0.1) is 5.69 Å². The van der Waals surface area contributed by atoms with E-state index in [0.717, 1.165) is 31.5 Å². The third kappa shape index (κ3) is 3.82. The standard InChI is InChI=1S/C11H20ClN3/c1-5-6-7-15-9(8-11(2,3)4)10(12)13-14-15/h5-8H2,1-4H3. The highest BCUT2D eigenvalue weighted by Crippen LogP contribution is 2.24. The van der Waals surface area contributed by atoms with Gasteiger partial charge in [0.2, 0.25) is 0 Å². The molecule has 1 heterocycles. The van der Waals surface area contributed by atoms with Crippen LogP contribution in [0.5, 0.6) is 0 Å². The summed E-state index contributed by atoms with van der Waals surface area (Å²) in [6, 6.07) is 0. The molecule has 0 unspecified atom stereocenters. The van der Waals surface area contributed by atoms with Gasteiger partial charge in [-0.1, -0.05) is 50.9 Å². The molecule has 0 amide bonds. The number of nitrogens with zero attached hydrogens (tertiary/aromatic N) is 3. The normalized spacial score (nSPS) is 12.1. The Kier molecular flexibility index (Phi) is 4.14. The second-order valence-corrected chi connectivity index (χ2v) is 5.50. The molecule has 0 aliphatic rings. The maximum Gasteiger partial charge on any atom is 0.174 e. The molecule has 1 rings (SSSR count). The van der Waals surface area contributed by atoms with Crippen molar-refractivity contribution in [3.05, 3.63) is 10.8 Å². The summed E-state index contributed by atoms with van der Waals surface area (Å²) in [7, 11) is 0. The molecule has 0 bridgehead atoms. The molecule has 1 aromatic rings. The fourth-order valence-corrected chi connectivity index (χ4v) is 1.66. The van der Waals surface area contributed by atoms with Crippen molar-refractivity contribution in [2.75, 3.05) is 0 Å². The lowest BCUT2D eigenvalue weighted by atomic mass is 9.91. The van der Waals surface area contributed by atoms with Gasteiger partial charge in [0.15, 0.2) is 5.15 Å². The zero-order valence-corrected chi connectivity index (χ0v) is 10.8. The second-order valence-electron chi connectivity index (χ2n) is 5.14. The molecule has 0 fully saturated rings. The van der Waals surface area contributed by atoms with Crippen molar-refractivity contribution < 1.29 is 0 Å². The lowest BCUT2D eigenvalue weighted by Crippen LogP contribution is -2.14. The first-order valence-electron chi connectivity index (χ1n) is 5.52. The predicted molar refractivity (Wildman–Crippen MR) is 63.1 cm³/mol. The number of unbranched alkanes of at least 4 members (excludes halogenated alkanes) is 1. The molecule has 0 atom stereocenters. The van der Waals surface area contributed by atoms with Gasteiger partial charge >= 0.3 is 0 Å². The van der Waals surface area contributed by atoms with Crippen LogP contribution in [0.4, 0.5) is 0 Å². The molecule has 15 heavy (non-hydrogen) atoms. The van der Waals surface area contributed by atoms with Gasteiger partial charge in [-0.25, -0.2) is 4.68 Å². The Labute approximate surface area is 96.8 Å². The van der Waals surface area contributed by atoms with Gasteiger partial charge in [0, 0.05) is 6.54 Å². The van der Waals surface area contributed by atoms with E-state index < -0.39 is 0 Å². The summed E-state index contributed by atoms with van der Waals surface area (Å²) in [5, 5.41) is 8.56. The van der Waals surface area contributed by atoms with Crippen molar-refractivity contribution in [3.8, 4) is 0 Å². The number of hydrogen-bond acceptors (Lipinski definition) is 2. The van der Waals surface area contributed by atoms with Gasteiger partial charge in [-0.3, -0.25) is 0 Å². The van der Waals surface area contributed by atoms with Crippen molar-refractivity contribution in [1.82, 2.24) is 15.0 Å². The van der Waals surface area contributed by atoms with E-state index in [9.17, 15) is 0 Å². The van der Waals surface area contributed by atoms with Crippen LogP contribution in [-0.4, -0.2) is 15.0 Å². The average molecular weight is 230 g/mol. The largest absolute Gasteiger partial charge is 0.248 e. The van der Waals surface area contributed by atoms with Gasteiger partial charge in [0.25, 0.3) is 0 Å². The van der Waals surface area contributed by atoms with Crippen LogP contribution in [0.25, 0.3) is 0 Å². The van der Waals surface area contributed by atoms with E-state index in [4.69, 9.17) is 11.6 Å². The molecule has 0 N–H and O–H groups in total. The third-order valence-corrected chi connectivity index (χ3v) is 2.51. The van der Waals surface area contributed by atoms with Crippen molar-refractivity contribution in [1.29, 1.82) is 0 Å². The second kappa shape index (κ2) is 4.97. The van der Waals surface area contributed by atoms with Gasteiger partial charge in [-0.05, 0) is 18.3 Å². The monoisotopic (exact) mass is 229 g/mol. The van der Waals surface area contributed by atoms with Crippen LogP contribution >= 0.6 is 11.6 Å². The Morgan fingerprint density at radius 3 is 2.53 bits per heavy atom. The van der Waals surface area contributed by atoms with E-state index in [1.165, 1.54) is 0 Å². The van der Waals surface area contributed by atoms with Crippen molar-refractivity contribution >= 4 is 11.6 Å². The highest BCUT2D eigenvalue weighted by molar-refractivity contribution is 6.30. The van der Waals surface area contributed by atoms with Crippen LogP contribution < -0.4 is 0 Å². The summed E-state index contributed by atoms with van der Waals surface area (Å²) >= 11 is 6.04. The molecule has 0 saturated carbocycles. The highest BCUT2D eigenvalue weighted by Gasteiger charge is 2.18. The topological polar surface area (TPSA) is 30.7 Å². The lowest BCUT2D eigenvalue weighted by molar-refractivity contribution is 0.389. The number of aryl methyl sites for hydroxylation is 1. The molecule has 0 radical (unpaired) electrons. The number of rotatable bonds is 4. The van der Waals surface area contributed by atoms with Crippen LogP contribution in [0.1, 0.15) is 46.2 Å². The quantitative estimate of drug-likeness (QED) is 0.793. The maximum atomic E-state index is 6.04. The van der Waals surface area contributed by atoms with Crippen molar-refractivity contribution in [2.24, 2.45) is 5.41 Å². The highest BCUT2D eigenvalue weighted by atomic mass is 35.5. The summed E-state index contributed by atoms with van der Waals surface area (Å²) in [6.07, 6.45) is 3.20. The molecular weight excluding hydrogens is 210 g/mol. The Morgan fingerprint density at radius 2 is 2.00 bits per heavy atom.